The number of hydrogen-bond donors (Lipinski definition) is 0. The highest BCUT2D eigenvalue weighted by atomic mass is 32.2. The third kappa shape index (κ3) is 4.20. The van der Waals surface area contributed by atoms with Gasteiger partial charge in [-0.3, -0.25) is 0 Å². The number of hydrogen-bond acceptors (Lipinski definition) is 1. The smallest absolute Gasteiger partial charge is 0.00158 e. The lowest BCUT2D eigenvalue weighted by atomic mass is 10.3. The van der Waals surface area contributed by atoms with Gasteiger partial charge in [0, 0.05) is 5.25 Å². The maximum Gasteiger partial charge on any atom is 0.00158 e. The lowest BCUT2D eigenvalue weighted by Crippen LogP contribution is -1.91. The molecule has 0 N–H and O–H groups in total. The zero-order valence-electron chi connectivity index (χ0n) is 5.40. The van der Waals surface area contributed by atoms with Gasteiger partial charge >= 0.3 is 0 Å². The summed E-state index contributed by atoms with van der Waals surface area (Å²) in [7, 11) is 0. The highest BCUT2D eigenvalue weighted by Gasteiger charge is 1.93. The van der Waals surface area contributed by atoms with Crippen LogP contribution >= 0.6 is 11.8 Å². The Morgan fingerprint density at radius 1 is 1.57 bits per heavy atom. The fourth-order valence-corrected chi connectivity index (χ4v) is 0.996. The normalized spacial score (nSPS) is 14.1. The van der Waals surface area contributed by atoms with Crippen molar-refractivity contribution in [2.45, 2.75) is 31.9 Å². The van der Waals surface area contributed by atoms with Gasteiger partial charge in [0.1, 0.15) is 0 Å². The average Bonchev–Trinajstić information content (AvgIpc) is 1.68. The van der Waals surface area contributed by atoms with Gasteiger partial charge < -0.3 is 0 Å². The van der Waals surface area contributed by atoms with E-state index in [-0.39, 0.29) is 0 Å². The summed E-state index contributed by atoms with van der Waals surface area (Å²) in [6.07, 6.45) is 4.85. The molecular weight excluding hydrogens is 104 g/mol. The molecule has 1 heteroatoms. The lowest BCUT2D eigenvalue weighted by molar-refractivity contribution is 0.788. The standard InChI is InChI=1S/C6H14S/c1-4-5-6(2)7-3/h6H,4-5H2,1-3H3. The van der Waals surface area contributed by atoms with E-state index in [0.29, 0.717) is 0 Å². The van der Waals surface area contributed by atoms with Crippen LogP contribution in [0.2, 0.25) is 0 Å². The summed E-state index contributed by atoms with van der Waals surface area (Å²) in [5, 5.41) is 0.866. The predicted octanol–water partition coefficient (Wildman–Crippen LogP) is 2.54. The second kappa shape index (κ2) is 4.51. The van der Waals surface area contributed by atoms with Crippen molar-refractivity contribution in [1.82, 2.24) is 0 Å². The maximum atomic E-state index is 2.27. The fourth-order valence-electron chi connectivity index (χ4n) is 0.524. The fraction of sp³-hybridized carbons (Fsp3) is 1.00. The van der Waals surface area contributed by atoms with E-state index in [0.717, 1.165) is 5.25 Å². The van der Waals surface area contributed by atoms with E-state index in [1.165, 1.54) is 12.8 Å². The first-order chi connectivity index (χ1) is 3.31. The van der Waals surface area contributed by atoms with Crippen LogP contribution in [0, 0.1) is 0 Å². The molecular formula is C6H14S. The summed E-state index contributed by atoms with van der Waals surface area (Å²) in [6.45, 7) is 4.50. The van der Waals surface area contributed by atoms with Crippen LogP contribution in [0.25, 0.3) is 0 Å². The van der Waals surface area contributed by atoms with Crippen molar-refractivity contribution in [2.24, 2.45) is 0 Å². The average molecular weight is 118 g/mol. The van der Waals surface area contributed by atoms with Crippen LogP contribution in [-0.2, 0) is 0 Å². The van der Waals surface area contributed by atoms with E-state index in [9.17, 15) is 0 Å². The van der Waals surface area contributed by atoms with E-state index < -0.39 is 0 Å². The predicted molar refractivity (Wildman–Crippen MR) is 37.9 cm³/mol. The van der Waals surface area contributed by atoms with Gasteiger partial charge in [-0.2, -0.15) is 11.8 Å². The zero-order valence-corrected chi connectivity index (χ0v) is 6.22. The number of rotatable bonds is 3. The molecule has 0 aromatic heterocycles. The molecule has 44 valence electrons. The van der Waals surface area contributed by atoms with Gasteiger partial charge in [-0.15, -0.1) is 0 Å². The minimum absolute atomic E-state index is 0.866. The van der Waals surface area contributed by atoms with Gasteiger partial charge in [-0.05, 0) is 12.7 Å². The maximum absolute atomic E-state index is 2.27. The minimum Gasteiger partial charge on any atom is -0.162 e. The Kier molecular flexibility index (Phi) is 4.73. The summed E-state index contributed by atoms with van der Waals surface area (Å²) in [4.78, 5) is 0. The molecule has 0 aliphatic rings. The van der Waals surface area contributed by atoms with Crippen molar-refractivity contribution in [3.05, 3.63) is 0 Å². The molecule has 1 unspecified atom stereocenters. The Morgan fingerprint density at radius 2 is 2.14 bits per heavy atom. The van der Waals surface area contributed by atoms with Gasteiger partial charge in [-0.25, -0.2) is 0 Å². The van der Waals surface area contributed by atoms with E-state index in [1.54, 1.807) is 0 Å². The van der Waals surface area contributed by atoms with Crippen molar-refractivity contribution >= 4 is 11.8 Å². The summed E-state index contributed by atoms with van der Waals surface area (Å²) in [5.41, 5.74) is 0. The Hall–Kier alpha value is 0.350. The Labute approximate surface area is 50.7 Å². The molecule has 0 spiro atoms. The molecule has 7 heavy (non-hydrogen) atoms. The first-order valence-electron chi connectivity index (χ1n) is 2.84. The first-order valence-corrected chi connectivity index (χ1v) is 4.12. The molecule has 1 atom stereocenters. The van der Waals surface area contributed by atoms with Crippen molar-refractivity contribution < 1.29 is 0 Å². The van der Waals surface area contributed by atoms with Crippen LogP contribution in [-0.4, -0.2) is 11.5 Å². The van der Waals surface area contributed by atoms with E-state index in [2.05, 4.69) is 20.1 Å². The van der Waals surface area contributed by atoms with Gasteiger partial charge in [0.2, 0.25) is 0 Å². The Balaban J connectivity index is 2.83. The molecule has 0 aromatic rings. The van der Waals surface area contributed by atoms with Gasteiger partial charge in [0.25, 0.3) is 0 Å². The molecule has 0 heterocycles. The van der Waals surface area contributed by atoms with Crippen molar-refractivity contribution in [3.63, 3.8) is 0 Å². The zero-order chi connectivity index (χ0) is 5.70. The van der Waals surface area contributed by atoms with E-state index in [4.69, 9.17) is 0 Å². The van der Waals surface area contributed by atoms with Crippen LogP contribution < -0.4 is 0 Å². The molecule has 0 fully saturated rings. The summed E-state index contributed by atoms with van der Waals surface area (Å²) < 4.78 is 0. The van der Waals surface area contributed by atoms with E-state index in [1.807, 2.05) is 11.8 Å². The van der Waals surface area contributed by atoms with Crippen LogP contribution in [0.1, 0.15) is 26.7 Å². The molecule has 0 aliphatic heterocycles. The minimum atomic E-state index is 0.866. The Morgan fingerprint density at radius 3 is 2.29 bits per heavy atom. The Bertz CT molecular complexity index is 35.2. The SMILES string of the molecule is CCCC(C)SC. The van der Waals surface area contributed by atoms with Crippen LogP contribution in [0.15, 0.2) is 0 Å². The monoisotopic (exact) mass is 118 g/mol. The summed E-state index contributed by atoms with van der Waals surface area (Å²) in [6, 6.07) is 0. The van der Waals surface area contributed by atoms with Crippen LogP contribution in [0.3, 0.4) is 0 Å². The molecule has 0 saturated heterocycles. The van der Waals surface area contributed by atoms with Gasteiger partial charge in [0.05, 0.1) is 0 Å². The largest absolute Gasteiger partial charge is 0.162 e. The van der Waals surface area contributed by atoms with Crippen molar-refractivity contribution in [1.29, 1.82) is 0 Å². The van der Waals surface area contributed by atoms with Crippen molar-refractivity contribution in [2.75, 3.05) is 6.26 Å². The summed E-state index contributed by atoms with van der Waals surface area (Å²) >= 11 is 1.95. The molecule has 0 radical (unpaired) electrons. The van der Waals surface area contributed by atoms with Gasteiger partial charge in [0.15, 0.2) is 0 Å². The highest BCUT2D eigenvalue weighted by molar-refractivity contribution is 7.99. The third-order valence-corrected chi connectivity index (χ3v) is 2.14. The van der Waals surface area contributed by atoms with Crippen molar-refractivity contribution in [3.8, 4) is 0 Å². The first kappa shape index (κ1) is 7.35. The second-order valence-corrected chi connectivity index (χ2v) is 3.11. The molecule has 0 saturated carbocycles. The van der Waals surface area contributed by atoms with Crippen LogP contribution in [0.4, 0.5) is 0 Å². The van der Waals surface area contributed by atoms with Gasteiger partial charge in [-0.1, -0.05) is 20.3 Å². The highest BCUT2D eigenvalue weighted by Crippen LogP contribution is 2.10. The molecule has 0 aromatic carbocycles. The summed E-state index contributed by atoms with van der Waals surface area (Å²) in [5.74, 6) is 0. The lowest BCUT2D eigenvalue weighted by Gasteiger charge is -2.02. The van der Waals surface area contributed by atoms with E-state index >= 15 is 0 Å². The topological polar surface area (TPSA) is 0 Å². The molecule has 0 bridgehead atoms. The quantitative estimate of drug-likeness (QED) is 0.548. The molecule has 0 nitrogen and oxygen atoms in total. The molecule has 0 rings (SSSR count). The molecule has 0 aliphatic carbocycles. The second-order valence-electron chi connectivity index (χ2n) is 1.83. The number of thioether (sulfide) groups is 1. The molecule has 0 amide bonds. The third-order valence-electron chi connectivity index (χ3n) is 1.10. The van der Waals surface area contributed by atoms with Crippen LogP contribution in [0.5, 0.6) is 0 Å².